The summed E-state index contributed by atoms with van der Waals surface area (Å²) in [7, 11) is 0. The van der Waals surface area contributed by atoms with E-state index >= 15 is 0 Å². The van der Waals surface area contributed by atoms with Crippen LogP contribution in [0.4, 0.5) is 0 Å². The number of aromatic nitrogens is 8. The van der Waals surface area contributed by atoms with Gasteiger partial charge in [-0.2, -0.15) is 10.1 Å². The average Bonchev–Trinajstić information content (AvgIpc) is 3.41. The first-order chi connectivity index (χ1) is 13.2. The number of nitrogens with zero attached hydrogens (tertiary/aromatic N) is 8. The van der Waals surface area contributed by atoms with E-state index in [1.807, 2.05) is 24.6 Å². The van der Waals surface area contributed by atoms with E-state index < -0.39 is 0 Å². The highest BCUT2D eigenvalue weighted by Gasteiger charge is 2.21. The normalized spacial score (nSPS) is 17.6. The highest BCUT2D eigenvalue weighted by atomic mass is 16.5. The largest absolute Gasteiger partial charge is 0.330 e. The van der Waals surface area contributed by atoms with E-state index in [0.29, 0.717) is 28.9 Å². The Morgan fingerprint density at radius 2 is 2.15 bits per heavy atom. The van der Waals surface area contributed by atoms with Gasteiger partial charge in [-0.1, -0.05) is 5.16 Å². The lowest BCUT2D eigenvalue weighted by Crippen LogP contribution is -2.31. The Balaban J connectivity index is 1.48. The smallest absolute Gasteiger partial charge is 0.297 e. The first kappa shape index (κ1) is 16.1. The number of piperidine rings is 1. The molecule has 1 saturated heterocycles. The van der Waals surface area contributed by atoms with E-state index in [-0.39, 0.29) is 5.89 Å². The Hall–Kier alpha value is -3.14. The first-order valence-electron chi connectivity index (χ1n) is 8.97. The number of hydrogen-bond donors (Lipinski definition) is 1. The van der Waals surface area contributed by atoms with Crippen LogP contribution in [0.5, 0.6) is 0 Å². The summed E-state index contributed by atoms with van der Waals surface area (Å²) in [6.45, 7) is 5.88. The lowest BCUT2D eigenvalue weighted by atomic mass is 10.1. The zero-order valence-electron chi connectivity index (χ0n) is 15.1. The Kier molecular flexibility index (Phi) is 3.71. The van der Waals surface area contributed by atoms with Crippen molar-refractivity contribution >= 4 is 5.65 Å². The van der Waals surface area contributed by atoms with Crippen molar-refractivity contribution < 1.29 is 4.52 Å². The van der Waals surface area contributed by atoms with Crippen LogP contribution in [-0.4, -0.2) is 52.6 Å². The van der Waals surface area contributed by atoms with Gasteiger partial charge in [0.1, 0.15) is 6.33 Å². The summed E-state index contributed by atoms with van der Waals surface area (Å²) in [6.07, 6.45) is 5.63. The van der Waals surface area contributed by atoms with Crippen molar-refractivity contribution in [3.05, 3.63) is 30.0 Å². The molecular weight excluding hydrogens is 346 g/mol. The number of fused-ring (bicyclic) bond motifs is 1. The molecule has 0 radical (unpaired) electrons. The van der Waals surface area contributed by atoms with Gasteiger partial charge in [0.2, 0.25) is 11.6 Å². The molecule has 0 saturated carbocycles. The van der Waals surface area contributed by atoms with Gasteiger partial charge < -0.3 is 9.84 Å². The van der Waals surface area contributed by atoms with Gasteiger partial charge in [0.25, 0.3) is 5.89 Å². The molecule has 4 aromatic rings. The van der Waals surface area contributed by atoms with Crippen LogP contribution in [0.25, 0.3) is 28.8 Å². The summed E-state index contributed by atoms with van der Waals surface area (Å²) in [5.74, 6) is 1.14. The summed E-state index contributed by atoms with van der Waals surface area (Å²) in [5, 5.41) is 16.4. The van der Waals surface area contributed by atoms with Crippen molar-refractivity contribution in [2.24, 2.45) is 0 Å². The van der Waals surface area contributed by atoms with Crippen molar-refractivity contribution in [2.75, 3.05) is 13.1 Å². The van der Waals surface area contributed by atoms with E-state index in [0.717, 1.165) is 37.3 Å². The quantitative estimate of drug-likeness (QED) is 0.582. The van der Waals surface area contributed by atoms with Gasteiger partial charge in [-0.15, -0.1) is 5.10 Å². The molecule has 1 N–H and O–H groups in total. The first-order valence-corrected chi connectivity index (χ1v) is 8.97. The van der Waals surface area contributed by atoms with Gasteiger partial charge in [-0.25, -0.2) is 19.2 Å². The van der Waals surface area contributed by atoms with E-state index in [1.54, 1.807) is 17.0 Å². The summed E-state index contributed by atoms with van der Waals surface area (Å²) < 4.78 is 9.04. The Morgan fingerprint density at radius 3 is 3.00 bits per heavy atom. The van der Waals surface area contributed by atoms with Crippen molar-refractivity contribution in [3.63, 3.8) is 0 Å². The van der Waals surface area contributed by atoms with Crippen molar-refractivity contribution in [2.45, 2.75) is 32.7 Å². The molecule has 138 valence electrons. The van der Waals surface area contributed by atoms with Gasteiger partial charge in [0.05, 0.1) is 17.8 Å². The van der Waals surface area contributed by atoms with E-state index in [2.05, 4.69) is 35.6 Å². The van der Waals surface area contributed by atoms with Crippen LogP contribution in [0.3, 0.4) is 0 Å². The molecule has 1 aliphatic heterocycles. The maximum atomic E-state index is 5.40. The molecule has 1 atom stereocenters. The molecule has 0 amide bonds. The van der Waals surface area contributed by atoms with Crippen molar-refractivity contribution in [1.82, 2.24) is 44.8 Å². The van der Waals surface area contributed by atoms with E-state index in [9.17, 15) is 0 Å². The number of rotatable bonds is 3. The fraction of sp³-hybridized carbons (Fsp3) is 0.412. The van der Waals surface area contributed by atoms with Crippen LogP contribution in [0.15, 0.2) is 23.1 Å². The molecule has 27 heavy (non-hydrogen) atoms. The summed E-state index contributed by atoms with van der Waals surface area (Å²) in [4.78, 5) is 13.4. The third-order valence-electron chi connectivity index (χ3n) is 4.79. The topological polar surface area (TPSA) is 112 Å². The molecule has 4 aromatic heterocycles. The zero-order valence-corrected chi connectivity index (χ0v) is 15.1. The highest BCUT2D eigenvalue weighted by Crippen LogP contribution is 2.24. The minimum atomic E-state index is 0.288. The molecular formula is C17H19N9O. The summed E-state index contributed by atoms with van der Waals surface area (Å²) in [5.41, 5.74) is 3.32. The van der Waals surface area contributed by atoms with Crippen LogP contribution in [0.1, 0.15) is 30.3 Å². The molecule has 1 aliphatic rings. The molecule has 10 heteroatoms. The maximum Gasteiger partial charge on any atom is 0.297 e. The summed E-state index contributed by atoms with van der Waals surface area (Å²) in [6, 6.07) is 2.28. The van der Waals surface area contributed by atoms with Crippen molar-refractivity contribution in [1.29, 1.82) is 0 Å². The predicted molar refractivity (Wildman–Crippen MR) is 95.9 cm³/mol. The van der Waals surface area contributed by atoms with Crippen LogP contribution < -0.4 is 5.32 Å². The molecule has 0 aliphatic carbocycles. The van der Waals surface area contributed by atoms with Crippen LogP contribution in [-0.2, 0) is 0 Å². The van der Waals surface area contributed by atoms with E-state index in [1.165, 1.54) is 0 Å². The monoisotopic (exact) mass is 365 g/mol. The third-order valence-corrected chi connectivity index (χ3v) is 4.79. The van der Waals surface area contributed by atoms with Crippen LogP contribution in [0, 0.1) is 13.8 Å². The predicted octanol–water partition coefficient (Wildman–Crippen LogP) is 1.58. The highest BCUT2D eigenvalue weighted by molar-refractivity contribution is 5.72. The molecule has 5 heterocycles. The van der Waals surface area contributed by atoms with Gasteiger partial charge in [-0.05, 0) is 39.3 Å². The molecule has 1 fully saturated rings. The fourth-order valence-electron chi connectivity index (χ4n) is 3.46. The zero-order chi connectivity index (χ0) is 18.4. The molecule has 1 unspecified atom stereocenters. The second-order valence-electron chi connectivity index (χ2n) is 6.80. The molecule has 0 bridgehead atoms. The second kappa shape index (κ2) is 6.23. The number of hydrogen-bond acceptors (Lipinski definition) is 8. The lowest BCUT2D eigenvalue weighted by molar-refractivity contribution is 0.345. The Labute approximate surface area is 154 Å². The third kappa shape index (κ3) is 2.78. The minimum Gasteiger partial charge on any atom is -0.330 e. The fourth-order valence-corrected chi connectivity index (χ4v) is 3.46. The molecule has 0 aromatic carbocycles. The Bertz CT molecular complexity index is 1100. The molecule has 5 rings (SSSR count). The molecule has 0 spiro atoms. The lowest BCUT2D eigenvalue weighted by Gasteiger charge is -2.22. The van der Waals surface area contributed by atoms with Crippen LogP contribution >= 0.6 is 0 Å². The maximum absolute atomic E-state index is 5.40. The minimum absolute atomic E-state index is 0.288. The van der Waals surface area contributed by atoms with Gasteiger partial charge in [-0.3, -0.25) is 0 Å². The Morgan fingerprint density at radius 1 is 1.22 bits per heavy atom. The number of aryl methyl sites for hydroxylation is 2. The van der Waals surface area contributed by atoms with Crippen LogP contribution in [0.2, 0.25) is 0 Å². The van der Waals surface area contributed by atoms with E-state index in [4.69, 9.17) is 4.52 Å². The SMILES string of the molecule is Cc1cc(C)n2ncc(-c3noc(-c4ncn(C5CCCNC5)n4)n3)c2n1. The number of nitrogens with one attached hydrogen (secondary N) is 1. The summed E-state index contributed by atoms with van der Waals surface area (Å²) >= 11 is 0. The average molecular weight is 365 g/mol. The standard InChI is InChI=1S/C17H19N9O/c1-10-6-11(2)26-16(21-10)13(8-20-26)14-22-17(27-24-14)15-19-9-25(23-15)12-4-3-5-18-7-12/h6,8-9,12,18H,3-5,7H2,1-2H3. The van der Waals surface area contributed by atoms with Crippen molar-refractivity contribution in [3.8, 4) is 23.1 Å². The second-order valence-corrected chi connectivity index (χ2v) is 6.80. The molecule has 10 nitrogen and oxygen atoms in total. The van der Waals surface area contributed by atoms with Gasteiger partial charge in [0.15, 0.2) is 5.65 Å². The van der Waals surface area contributed by atoms with Gasteiger partial charge in [0, 0.05) is 17.9 Å². The van der Waals surface area contributed by atoms with Gasteiger partial charge >= 0.3 is 0 Å².